The zero-order valence-electron chi connectivity index (χ0n) is 13.6. The molecule has 0 aliphatic heterocycles. The van der Waals surface area contributed by atoms with Crippen molar-refractivity contribution in [3.8, 4) is 0 Å². The van der Waals surface area contributed by atoms with Crippen LogP contribution >= 0.6 is 0 Å². The fourth-order valence-corrected chi connectivity index (χ4v) is 2.73. The van der Waals surface area contributed by atoms with Gasteiger partial charge in [0.25, 0.3) is 0 Å². The Morgan fingerprint density at radius 1 is 1.28 bits per heavy atom. The molecule has 0 unspecified atom stereocenters. The molecule has 0 saturated heterocycles. The summed E-state index contributed by atoms with van der Waals surface area (Å²) < 4.78 is 7.35. The molecule has 0 spiro atoms. The van der Waals surface area contributed by atoms with Crippen molar-refractivity contribution in [1.29, 1.82) is 0 Å². The Balaban J connectivity index is 1.68. The quantitative estimate of drug-likeness (QED) is 0.618. The minimum absolute atomic E-state index is 0.167. The number of carbonyl (C=O) groups is 1. The van der Waals surface area contributed by atoms with E-state index in [9.17, 15) is 4.79 Å². The molecule has 0 aliphatic carbocycles. The van der Waals surface area contributed by atoms with Crippen molar-refractivity contribution >= 4 is 40.3 Å². The van der Waals surface area contributed by atoms with Crippen LogP contribution in [0.3, 0.4) is 0 Å². The summed E-state index contributed by atoms with van der Waals surface area (Å²) in [6, 6.07) is 6.61. The first-order valence-electron chi connectivity index (χ1n) is 7.62. The minimum atomic E-state index is -0.999. The van der Waals surface area contributed by atoms with Crippen LogP contribution < -0.4 is 0 Å². The molecule has 4 rings (SSSR count). The molecule has 25 heavy (non-hydrogen) atoms. The predicted octanol–water partition coefficient (Wildman–Crippen LogP) is 3.29. The van der Waals surface area contributed by atoms with Gasteiger partial charge < -0.3 is 9.52 Å². The Hall–Kier alpha value is -3.48. The maximum atomic E-state index is 11.0. The average molecular weight is 334 g/mol. The molecule has 4 aromatic rings. The topological polar surface area (TPSA) is 94.0 Å². The van der Waals surface area contributed by atoms with E-state index in [1.54, 1.807) is 23.0 Å². The summed E-state index contributed by atoms with van der Waals surface area (Å²) in [5, 5.41) is 14.4. The van der Waals surface area contributed by atoms with Crippen LogP contribution in [0.5, 0.6) is 0 Å². The van der Waals surface area contributed by atoms with Crippen LogP contribution in [0.25, 0.3) is 34.3 Å². The lowest BCUT2D eigenvalue weighted by Gasteiger charge is -1.95. The second-order valence-electron chi connectivity index (χ2n) is 5.72. The number of aromatic carboxylic acids is 1. The van der Waals surface area contributed by atoms with E-state index >= 15 is 0 Å². The lowest BCUT2D eigenvalue weighted by Crippen LogP contribution is -1.94. The third kappa shape index (κ3) is 2.65. The van der Waals surface area contributed by atoms with E-state index in [1.165, 1.54) is 12.1 Å². The lowest BCUT2D eigenvalue weighted by atomic mass is 10.2. The van der Waals surface area contributed by atoms with Gasteiger partial charge in [-0.25, -0.2) is 14.8 Å². The minimum Gasteiger partial charge on any atom is -0.478 e. The van der Waals surface area contributed by atoms with E-state index in [4.69, 9.17) is 9.52 Å². The van der Waals surface area contributed by atoms with Gasteiger partial charge >= 0.3 is 5.97 Å². The van der Waals surface area contributed by atoms with Gasteiger partial charge in [-0.3, -0.25) is 4.68 Å². The van der Waals surface area contributed by atoms with Crippen LogP contribution in [0.4, 0.5) is 0 Å². The maximum absolute atomic E-state index is 11.0. The van der Waals surface area contributed by atoms with E-state index in [0.717, 1.165) is 22.3 Å². The van der Waals surface area contributed by atoms with E-state index in [2.05, 4.69) is 15.1 Å². The summed E-state index contributed by atoms with van der Waals surface area (Å²) in [7, 11) is 1.86. The number of nitrogens with zero attached hydrogens (tertiary/aromatic N) is 4. The zero-order valence-corrected chi connectivity index (χ0v) is 13.6. The molecule has 1 N–H and O–H groups in total. The van der Waals surface area contributed by atoms with Gasteiger partial charge in [0.05, 0.1) is 11.3 Å². The predicted molar refractivity (Wildman–Crippen MR) is 93.1 cm³/mol. The molecule has 3 heterocycles. The summed E-state index contributed by atoms with van der Waals surface area (Å²) in [5.74, 6) is -0.595. The molecule has 0 amide bonds. The van der Waals surface area contributed by atoms with Crippen LogP contribution in [0.2, 0.25) is 0 Å². The van der Waals surface area contributed by atoms with Crippen molar-refractivity contribution in [1.82, 2.24) is 19.7 Å². The molecular formula is C18H14N4O3. The van der Waals surface area contributed by atoms with Crippen LogP contribution in [0.1, 0.15) is 27.5 Å². The number of benzene rings is 1. The van der Waals surface area contributed by atoms with Crippen LogP contribution in [0, 0.1) is 6.92 Å². The number of hydrogen-bond acceptors (Lipinski definition) is 5. The Labute approximate surface area is 142 Å². The van der Waals surface area contributed by atoms with E-state index in [-0.39, 0.29) is 5.56 Å². The highest BCUT2D eigenvalue weighted by atomic mass is 16.4. The third-order valence-electron chi connectivity index (χ3n) is 3.95. The van der Waals surface area contributed by atoms with Gasteiger partial charge in [-0.1, -0.05) is 0 Å². The SMILES string of the molecule is Cc1nn(C)c2ncc(/C=C/c3nc4ccc(C(=O)O)cc4o3)cc12. The number of aryl methyl sites for hydroxylation is 2. The average Bonchev–Trinajstić information content (AvgIpc) is 3.13. The van der Waals surface area contributed by atoms with Gasteiger partial charge in [0.2, 0.25) is 5.89 Å². The first-order valence-corrected chi connectivity index (χ1v) is 7.62. The largest absolute Gasteiger partial charge is 0.478 e. The van der Waals surface area contributed by atoms with Gasteiger partial charge in [0, 0.05) is 24.7 Å². The van der Waals surface area contributed by atoms with Crippen molar-refractivity contribution in [3.05, 3.63) is 53.2 Å². The molecule has 0 atom stereocenters. The summed E-state index contributed by atoms with van der Waals surface area (Å²) in [6.45, 7) is 1.94. The first-order chi connectivity index (χ1) is 12.0. The Bertz CT molecular complexity index is 1150. The molecule has 0 saturated carbocycles. The smallest absolute Gasteiger partial charge is 0.335 e. The van der Waals surface area contributed by atoms with Gasteiger partial charge in [-0.2, -0.15) is 5.10 Å². The van der Waals surface area contributed by atoms with E-state index in [1.807, 2.05) is 26.1 Å². The highest BCUT2D eigenvalue weighted by Crippen LogP contribution is 2.20. The molecule has 3 aromatic heterocycles. The van der Waals surface area contributed by atoms with Gasteiger partial charge in [0.15, 0.2) is 11.2 Å². The molecule has 0 aliphatic rings. The molecular weight excluding hydrogens is 320 g/mol. The number of pyridine rings is 1. The fourth-order valence-electron chi connectivity index (χ4n) is 2.73. The molecule has 0 radical (unpaired) electrons. The number of carboxylic acid groups (broad SMARTS) is 1. The molecule has 0 fully saturated rings. The first kappa shape index (κ1) is 15.1. The Kier molecular flexibility index (Phi) is 3.35. The zero-order chi connectivity index (χ0) is 17.6. The van der Waals surface area contributed by atoms with Crippen LogP contribution in [-0.2, 0) is 7.05 Å². The molecule has 1 aromatic carbocycles. The normalized spacial score (nSPS) is 11.8. The third-order valence-corrected chi connectivity index (χ3v) is 3.95. The monoisotopic (exact) mass is 334 g/mol. The van der Waals surface area contributed by atoms with Crippen molar-refractivity contribution in [2.75, 3.05) is 0 Å². The molecule has 7 nitrogen and oxygen atoms in total. The number of aromatic nitrogens is 4. The number of oxazole rings is 1. The number of fused-ring (bicyclic) bond motifs is 2. The Morgan fingerprint density at radius 3 is 2.92 bits per heavy atom. The molecule has 7 heteroatoms. The number of carboxylic acids is 1. The highest BCUT2D eigenvalue weighted by Gasteiger charge is 2.09. The maximum Gasteiger partial charge on any atom is 0.335 e. The van der Waals surface area contributed by atoms with Crippen molar-refractivity contribution < 1.29 is 14.3 Å². The second-order valence-corrected chi connectivity index (χ2v) is 5.72. The fraction of sp³-hybridized carbons (Fsp3) is 0.111. The Morgan fingerprint density at radius 2 is 2.12 bits per heavy atom. The van der Waals surface area contributed by atoms with Gasteiger partial charge in [-0.15, -0.1) is 0 Å². The number of rotatable bonds is 3. The van der Waals surface area contributed by atoms with Crippen molar-refractivity contribution in [3.63, 3.8) is 0 Å². The van der Waals surface area contributed by atoms with Crippen molar-refractivity contribution in [2.45, 2.75) is 6.92 Å². The summed E-state index contributed by atoms with van der Waals surface area (Å²) in [6.07, 6.45) is 5.34. The molecule has 0 bridgehead atoms. The van der Waals surface area contributed by atoms with Gasteiger partial charge in [0.1, 0.15) is 5.52 Å². The van der Waals surface area contributed by atoms with E-state index < -0.39 is 5.97 Å². The summed E-state index contributed by atoms with van der Waals surface area (Å²) >= 11 is 0. The summed E-state index contributed by atoms with van der Waals surface area (Å²) in [5.41, 5.74) is 3.87. The van der Waals surface area contributed by atoms with Crippen molar-refractivity contribution in [2.24, 2.45) is 7.05 Å². The summed E-state index contributed by atoms with van der Waals surface area (Å²) in [4.78, 5) is 19.8. The highest BCUT2D eigenvalue weighted by molar-refractivity contribution is 5.92. The van der Waals surface area contributed by atoms with Crippen LogP contribution in [-0.4, -0.2) is 30.8 Å². The van der Waals surface area contributed by atoms with E-state index in [0.29, 0.717) is 17.0 Å². The van der Waals surface area contributed by atoms with Crippen LogP contribution in [0.15, 0.2) is 34.9 Å². The van der Waals surface area contributed by atoms with Gasteiger partial charge in [-0.05, 0) is 42.8 Å². The number of hydrogen-bond donors (Lipinski definition) is 1. The standard InChI is InChI=1S/C18H14N4O3/c1-10-13-7-11(9-19-17(13)22(2)21-10)3-6-16-20-14-5-4-12(18(23)24)8-15(14)25-16/h3-9H,1-2H3,(H,23,24)/b6-3+. The lowest BCUT2D eigenvalue weighted by molar-refractivity contribution is 0.0697. The molecule has 124 valence electrons. The second kappa shape index (κ2) is 5.55.